The van der Waals surface area contributed by atoms with Crippen molar-refractivity contribution in [3.05, 3.63) is 23.8 Å². The first kappa shape index (κ1) is 13.8. The molecule has 17 heavy (non-hydrogen) atoms. The monoisotopic (exact) mass is 239 g/mol. The van der Waals surface area contributed by atoms with Crippen LogP contribution in [0.1, 0.15) is 12.5 Å². The molecule has 1 aromatic rings. The topological polar surface area (TPSA) is 52.9 Å². The van der Waals surface area contributed by atoms with Gasteiger partial charge in [0.05, 0.1) is 19.3 Å². The second-order valence-electron chi connectivity index (χ2n) is 4.10. The second-order valence-corrected chi connectivity index (χ2v) is 4.10. The van der Waals surface area contributed by atoms with Crippen LogP contribution in [-0.4, -0.2) is 43.1 Å². The molecular formula is C13H21NO3. The predicted octanol–water partition coefficient (Wildman–Crippen LogP) is 1.18. The number of aliphatic hydroxyl groups is 2. The molecule has 2 N–H and O–H groups in total. The van der Waals surface area contributed by atoms with Gasteiger partial charge in [-0.15, -0.1) is 0 Å². The van der Waals surface area contributed by atoms with Crippen LogP contribution < -0.4 is 9.64 Å². The lowest BCUT2D eigenvalue weighted by atomic mass is 10.2. The Kier molecular flexibility index (Phi) is 5.25. The van der Waals surface area contributed by atoms with E-state index < -0.39 is 6.10 Å². The molecule has 0 heterocycles. The van der Waals surface area contributed by atoms with Crippen molar-refractivity contribution in [3.63, 3.8) is 0 Å². The Bertz CT molecular complexity index is 355. The molecule has 0 aliphatic rings. The minimum Gasteiger partial charge on any atom is -0.494 e. The summed E-state index contributed by atoms with van der Waals surface area (Å²) in [6.07, 6.45) is -0.716. The summed E-state index contributed by atoms with van der Waals surface area (Å²) < 4.78 is 5.47. The number of hydrogen-bond acceptors (Lipinski definition) is 4. The highest BCUT2D eigenvalue weighted by Crippen LogP contribution is 2.23. The number of hydrogen-bond donors (Lipinski definition) is 2. The first-order valence-corrected chi connectivity index (χ1v) is 5.82. The van der Waals surface area contributed by atoms with E-state index in [0.29, 0.717) is 13.2 Å². The van der Waals surface area contributed by atoms with Gasteiger partial charge in [-0.3, -0.25) is 0 Å². The van der Waals surface area contributed by atoms with Gasteiger partial charge in [-0.05, 0) is 37.6 Å². The molecule has 96 valence electrons. The molecule has 0 aliphatic heterocycles. The number of ether oxygens (including phenoxy) is 1. The third-order valence-corrected chi connectivity index (χ3v) is 2.59. The quantitative estimate of drug-likeness (QED) is 0.783. The molecule has 0 saturated heterocycles. The van der Waals surface area contributed by atoms with Gasteiger partial charge in [0.25, 0.3) is 0 Å². The fourth-order valence-electron chi connectivity index (χ4n) is 1.67. The number of anilines is 1. The average molecular weight is 239 g/mol. The van der Waals surface area contributed by atoms with Crippen LogP contribution in [0.4, 0.5) is 5.69 Å². The average Bonchev–Trinajstić information content (AvgIpc) is 2.31. The molecule has 0 aliphatic carbocycles. The Morgan fingerprint density at radius 3 is 2.65 bits per heavy atom. The molecule has 4 heteroatoms. The zero-order valence-electron chi connectivity index (χ0n) is 10.7. The van der Waals surface area contributed by atoms with E-state index in [1.54, 1.807) is 0 Å². The van der Waals surface area contributed by atoms with Crippen molar-refractivity contribution in [2.75, 3.05) is 31.7 Å². The van der Waals surface area contributed by atoms with Crippen LogP contribution in [0.2, 0.25) is 0 Å². The minimum absolute atomic E-state index is 0.222. The standard InChI is InChI=1S/C13H21NO3/c1-4-17-13-6-5-11(7-10(13)2)14(3)8-12(16)9-15/h5-7,12,15-16H,4,8-9H2,1-3H3. The summed E-state index contributed by atoms with van der Waals surface area (Å²) in [5, 5.41) is 18.2. The van der Waals surface area contributed by atoms with Gasteiger partial charge < -0.3 is 19.8 Å². The lowest BCUT2D eigenvalue weighted by molar-refractivity contribution is 0.101. The Morgan fingerprint density at radius 1 is 1.41 bits per heavy atom. The van der Waals surface area contributed by atoms with Gasteiger partial charge in [0.2, 0.25) is 0 Å². The molecule has 1 rings (SSSR count). The third kappa shape index (κ3) is 3.91. The van der Waals surface area contributed by atoms with Crippen molar-refractivity contribution in [2.45, 2.75) is 20.0 Å². The van der Waals surface area contributed by atoms with Crippen molar-refractivity contribution >= 4 is 5.69 Å². The fourth-order valence-corrected chi connectivity index (χ4v) is 1.67. The lowest BCUT2D eigenvalue weighted by Crippen LogP contribution is -2.31. The zero-order valence-corrected chi connectivity index (χ0v) is 10.7. The van der Waals surface area contributed by atoms with Gasteiger partial charge >= 0.3 is 0 Å². The highest BCUT2D eigenvalue weighted by Gasteiger charge is 2.09. The van der Waals surface area contributed by atoms with Crippen molar-refractivity contribution in [2.24, 2.45) is 0 Å². The summed E-state index contributed by atoms with van der Waals surface area (Å²) in [7, 11) is 1.88. The fraction of sp³-hybridized carbons (Fsp3) is 0.538. The van der Waals surface area contributed by atoms with Gasteiger partial charge in [0.1, 0.15) is 5.75 Å². The largest absolute Gasteiger partial charge is 0.494 e. The van der Waals surface area contributed by atoms with Gasteiger partial charge in [-0.2, -0.15) is 0 Å². The Balaban J connectivity index is 2.75. The molecule has 0 amide bonds. The lowest BCUT2D eigenvalue weighted by Gasteiger charge is -2.22. The van der Waals surface area contributed by atoms with Crippen LogP contribution >= 0.6 is 0 Å². The van der Waals surface area contributed by atoms with Crippen molar-refractivity contribution in [3.8, 4) is 5.75 Å². The second kappa shape index (κ2) is 6.47. The number of likely N-dealkylation sites (N-methyl/N-ethyl adjacent to an activating group) is 1. The highest BCUT2D eigenvalue weighted by atomic mass is 16.5. The molecule has 0 aromatic heterocycles. The number of aryl methyl sites for hydroxylation is 1. The zero-order chi connectivity index (χ0) is 12.8. The van der Waals surface area contributed by atoms with Crippen molar-refractivity contribution in [1.82, 2.24) is 0 Å². The van der Waals surface area contributed by atoms with Gasteiger partial charge in [-0.1, -0.05) is 0 Å². The van der Waals surface area contributed by atoms with Crippen LogP contribution in [0.5, 0.6) is 5.75 Å². The third-order valence-electron chi connectivity index (χ3n) is 2.59. The summed E-state index contributed by atoms with van der Waals surface area (Å²) in [5.74, 6) is 0.882. The van der Waals surface area contributed by atoms with E-state index in [9.17, 15) is 5.11 Å². The van der Waals surface area contributed by atoms with Crippen molar-refractivity contribution in [1.29, 1.82) is 0 Å². The molecule has 0 fully saturated rings. The van der Waals surface area contributed by atoms with Crippen molar-refractivity contribution < 1.29 is 14.9 Å². The van der Waals surface area contributed by atoms with Crippen LogP contribution in [0.15, 0.2) is 18.2 Å². The summed E-state index contributed by atoms with van der Waals surface area (Å²) >= 11 is 0. The Morgan fingerprint density at radius 2 is 2.12 bits per heavy atom. The molecule has 0 bridgehead atoms. The van der Waals surface area contributed by atoms with Crippen LogP contribution in [0, 0.1) is 6.92 Å². The SMILES string of the molecule is CCOc1ccc(N(C)CC(O)CO)cc1C. The molecule has 1 aromatic carbocycles. The van der Waals surface area contributed by atoms with Crippen LogP contribution in [0.25, 0.3) is 0 Å². The maximum Gasteiger partial charge on any atom is 0.122 e. The molecule has 1 atom stereocenters. The Labute approximate surface area is 102 Å². The van der Waals surface area contributed by atoms with E-state index in [1.165, 1.54) is 0 Å². The first-order chi connectivity index (χ1) is 8.08. The maximum atomic E-state index is 9.38. The molecule has 4 nitrogen and oxygen atoms in total. The van der Waals surface area contributed by atoms with E-state index >= 15 is 0 Å². The molecule has 0 radical (unpaired) electrons. The molecular weight excluding hydrogens is 218 g/mol. The van der Waals surface area contributed by atoms with Crippen LogP contribution in [-0.2, 0) is 0 Å². The molecule has 0 saturated carbocycles. The van der Waals surface area contributed by atoms with E-state index in [4.69, 9.17) is 9.84 Å². The summed E-state index contributed by atoms with van der Waals surface area (Å²) in [6.45, 7) is 4.78. The maximum absolute atomic E-state index is 9.38. The van der Waals surface area contributed by atoms with Gasteiger partial charge in [-0.25, -0.2) is 0 Å². The van der Waals surface area contributed by atoms with E-state index in [1.807, 2.05) is 44.0 Å². The number of aliphatic hydroxyl groups excluding tert-OH is 2. The number of benzene rings is 1. The smallest absolute Gasteiger partial charge is 0.122 e. The normalized spacial score (nSPS) is 12.3. The van der Waals surface area contributed by atoms with Gasteiger partial charge in [0, 0.05) is 19.3 Å². The molecule has 0 spiro atoms. The highest BCUT2D eigenvalue weighted by molar-refractivity contribution is 5.52. The number of nitrogens with zero attached hydrogens (tertiary/aromatic N) is 1. The predicted molar refractivity (Wildman–Crippen MR) is 68.7 cm³/mol. The summed E-state index contributed by atoms with van der Waals surface area (Å²) in [6, 6.07) is 5.88. The Hall–Kier alpha value is -1.26. The van der Waals surface area contributed by atoms with Gasteiger partial charge in [0.15, 0.2) is 0 Å². The summed E-state index contributed by atoms with van der Waals surface area (Å²) in [4.78, 5) is 1.91. The van der Waals surface area contributed by atoms with E-state index in [2.05, 4.69) is 0 Å². The van der Waals surface area contributed by atoms with Crippen LogP contribution in [0.3, 0.4) is 0 Å². The summed E-state index contributed by atoms with van der Waals surface area (Å²) in [5.41, 5.74) is 2.06. The minimum atomic E-state index is -0.716. The molecule has 1 unspecified atom stereocenters. The van der Waals surface area contributed by atoms with E-state index in [-0.39, 0.29) is 6.61 Å². The number of rotatable bonds is 6. The first-order valence-electron chi connectivity index (χ1n) is 5.82. The van der Waals surface area contributed by atoms with E-state index in [0.717, 1.165) is 17.0 Å².